The van der Waals surface area contributed by atoms with Crippen LogP contribution in [0.15, 0.2) is 30.5 Å². The number of thiazole rings is 1. The Hall–Kier alpha value is -1.55. The van der Waals surface area contributed by atoms with Crippen molar-refractivity contribution in [2.45, 2.75) is 26.2 Å². The summed E-state index contributed by atoms with van der Waals surface area (Å²) in [6.45, 7) is 4.72. The molecule has 0 aliphatic carbocycles. The van der Waals surface area contributed by atoms with Crippen molar-refractivity contribution in [1.29, 1.82) is 0 Å². The van der Waals surface area contributed by atoms with Crippen LogP contribution in [0.2, 0.25) is 0 Å². The number of rotatable bonds is 3. The van der Waals surface area contributed by atoms with Crippen molar-refractivity contribution in [3.8, 4) is 0 Å². The van der Waals surface area contributed by atoms with E-state index >= 15 is 0 Å². The molecule has 106 valence electrons. The molecular weight excluding hydrogens is 266 g/mol. The molecule has 0 unspecified atom stereocenters. The zero-order chi connectivity index (χ0) is 13.9. The molecule has 1 saturated heterocycles. The van der Waals surface area contributed by atoms with Crippen LogP contribution < -0.4 is 10.6 Å². The summed E-state index contributed by atoms with van der Waals surface area (Å²) in [5, 5.41) is 0.652. The van der Waals surface area contributed by atoms with Crippen molar-refractivity contribution in [2.75, 3.05) is 23.7 Å². The normalized spacial score (nSPS) is 16.6. The summed E-state index contributed by atoms with van der Waals surface area (Å²) < 4.78 is 0. The lowest BCUT2D eigenvalue weighted by Crippen LogP contribution is -2.32. The fraction of sp³-hybridized carbons (Fsp3) is 0.438. The summed E-state index contributed by atoms with van der Waals surface area (Å²) in [6, 6.07) is 8.94. The number of hydrogen-bond acceptors (Lipinski definition) is 4. The predicted molar refractivity (Wildman–Crippen MR) is 86.4 cm³/mol. The minimum atomic E-state index is 0.652. The van der Waals surface area contributed by atoms with Gasteiger partial charge in [0, 0.05) is 36.3 Å². The van der Waals surface area contributed by atoms with Gasteiger partial charge in [0.15, 0.2) is 5.13 Å². The van der Waals surface area contributed by atoms with Gasteiger partial charge in [0.05, 0.1) is 0 Å². The predicted octanol–water partition coefficient (Wildman–Crippen LogP) is 3.55. The fourth-order valence-electron chi connectivity index (χ4n) is 2.70. The Morgan fingerprint density at radius 1 is 1.25 bits per heavy atom. The van der Waals surface area contributed by atoms with Crippen LogP contribution in [0.1, 0.15) is 30.2 Å². The number of hydrogen-bond donors (Lipinski definition) is 1. The van der Waals surface area contributed by atoms with E-state index in [9.17, 15) is 0 Å². The molecular formula is C16H21N3S. The number of aromatic nitrogens is 1. The maximum atomic E-state index is 5.67. The highest BCUT2D eigenvalue weighted by Gasteiger charge is 2.15. The summed E-state index contributed by atoms with van der Waals surface area (Å²) in [5.41, 5.74) is 8.34. The maximum absolute atomic E-state index is 5.67. The fourth-order valence-corrected chi connectivity index (χ4v) is 3.42. The molecule has 0 spiro atoms. The van der Waals surface area contributed by atoms with Crippen LogP contribution in [-0.4, -0.2) is 18.1 Å². The lowest BCUT2D eigenvalue weighted by Gasteiger charge is -2.32. The van der Waals surface area contributed by atoms with Crippen molar-refractivity contribution in [2.24, 2.45) is 5.92 Å². The van der Waals surface area contributed by atoms with Crippen molar-refractivity contribution in [3.63, 3.8) is 0 Å². The molecule has 0 saturated carbocycles. The zero-order valence-corrected chi connectivity index (χ0v) is 12.7. The molecule has 20 heavy (non-hydrogen) atoms. The molecule has 1 aromatic carbocycles. The van der Waals surface area contributed by atoms with Crippen LogP contribution in [0, 0.1) is 5.92 Å². The van der Waals surface area contributed by atoms with E-state index in [1.54, 1.807) is 11.3 Å². The smallest absolute Gasteiger partial charge is 0.180 e. The van der Waals surface area contributed by atoms with Gasteiger partial charge in [0.1, 0.15) is 0 Å². The standard InChI is InChI=1S/C16H21N3S/c1-12-6-8-19(9-7-12)14-4-2-13(3-5-14)10-15-11-18-16(17)20-15/h2-5,11-12H,6-10H2,1H3,(H2,17,18). The first-order chi connectivity index (χ1) is 9.70. The second-order valence-electron chi connectivity index (χ2n) is 5.68. The zero-order valence-electron chi connectivity index (χ0n) is 11.9. The Bertz CT molecular complexity index is 553. The summed E-state index contributed by atoms with van der Waals surface area (Å²) in [7, 11) is 0. The molecule has 1 aromatic heterocycles. The van der Waals surface area contributed by atoms with Gasteiger partial charge in [0.2, 0.25) is 0 Å². The number of piperidine rings is 1. The Balaban J connectivity index is 1.65. The lowest BCUT2D eigenvalue weighted by molar-refractivity contribution is 0.438. The lowest BCUT2D eigenvalue weighted by atomic mass is 9.98. The Kier molecular flexibility index (Phi) is 3.92. The molecule has 0 bridgehead atoms. The average Bonchev–Trinajstić information content (AvgIpc) is 2.86. The van der Waals surface area contributed by atoms with Crippen molar-refractivity contribution in [1.82, 2.24) is 4.98 Å². The van der Waals surface area contributed by atoms with Gasteiger partial charge in [-0.15, -0.1) is 11.3 Å². The van der Waals surface area contributed by atoms with Crippen LogP contribution in [0.4, 0.5) is 10.8 Å². The van der Waals surface area contributed by atoms with Gasteiger partial charge in [-0.3, -0.25) is 0 Å². The number of nitrogens with two attached hydrogens (primary N) is 1. The molecule has 4 heteroatoms. The van der Waals surface area contributed by atoms with E-state index in [0.29, 0.717) is 5.13 Å². The van der Waals surface area contributed by atoms with E-state index in [-0.39, 0.29) is 0 Å². The van der Waals surface area contributed by atoms with Gasteiger partial charge < -0.3 is 10.6 Å². The van der Waals surface area contributed by atoms with Crippen molar-refractivity contribution < 1.29 is 0 Å². The number of anilines is 2. The monoisotopic (exact) mass is 287 g/mol. The topological polar surface area (TPSA) is 42.2 Å². The van der Waals surface area contributed by atoms with E-state index in [1.165, 1.54) is 42.1 Å². The SMILES string of the molecule is CC1CCN(c2ccc(Cc3cnc(N)s3)cc2)CC1. The molecule has 1 aliphatic heterocycles. The molecule has 2 heterocycles. The van der Waals surface area contributed by atoms with Gasteiger partial charge in [0.25, 0.3) is 0 Å². The van der Waals surface area contributed by atoms with Crippen molar-refractivity contribution in [3.05, 3.63) is 40.9 Å². The molecule has 0 amide bonds. The van der Waals surface area contributed by atoms with E-state index in [1.807, 2.05) is 6.20 Å². The largest absolute Gasteiger partial charge is 0.375 e. The highest BCUT2D eigenvalue weighted by Crippen LogP contribution is 2.24. The number of nitrogens with zero attached hydrogens (tertiary/aromatic N) is 2. The molecule has 0 atom stereocenters. The molecule has 0 radical (unpaired) electrons. The molecule has 3 rings (SSSR count). The molecule has 3 nitrogen and oxygen atoms in total. The number of nitrogen functional groups attached to an aromatic ring is 1. The second-order valence-corrected chi connectivity index (χ2v) is 6.82. The highest BCUT2D eigenvalue weighted by atomic mass is 32.1. The van der Waals surface area contributed by atoms with Crippen molar-refractivity contribution >= 4 is 22.2 Å². The Labute approximate surface area is 124 Å². The van der Waals surface area contributed by atoms with Crippen LogP contribution in [0.3, 0.4) is 0 Å². The third-order valence-corrected chi connectivity index (χ3v) is 4.86. The quantitative estimate of drug-likeness (QED) is 0.938. The molecule has 1 fully saturated rings. The van der Waals surface area contributed by atoms with Gasteiger partial charge in [-0.25, -0.2) is 4.98 Å². The average molecular weight is 287 g/mol. The third-order valence-electron chi connectivity index (χ3n) is 4.03. The summed E-state index contributed by atoms with van der Waals surface area (Å²) in [4.78, 5) is 7.82. The van der Waals surface area contributed by atoms with Crippen LogP contribution >= 0.6 is 11.3 Å². The summed E-state index contributed by atoms with van der Waals surface area (Å²) in [6.07, 6.45) is 5.41. The second kappa shape index (κ2) is 5.83. The minimum absolute atomic E-state index is 0.652. The van der Waals surface area contributed by atoms with E-state index < -0.39 is 0 Å². The van der Waals surface area contributed by atoms with Crippen LogP contribution in [-0.2, 0) is 6.42 Å². The van der Waals surface area contributed by atoms with Crippen LogP contribution in [0.5, 0.6) is 0 Å². The molecule has 2 N–H and O–H groups in total. The Morgan fingerprint density at radius 3 is 2.55 bits per heavy atom. The van der Waals surface area contributed by atoms with Gasteiger partial charge in [-0.05, 0) is 36.5 Å². The minimum Gasteiger partial charge on any atom is -0.375 e. The van der Waals surface area contributed by atoms with E-state index in [0.717, 1.165) is 12.3 Å². The van der Waals surface area contributed by atoms with Gasteiger partial charge in [-0.1, -0.05) is 19.1 Å². The van der Waals surface area contributed by atoms with E-state index in [2.05, 4.69) is 41.1 Å². The van der Waals surface area contributed by atoms with Gasteiger partial charge >= 0.3 is 0 Å². The molecule has 2 aromatic rings. The molecule has 1 aliphatic rings. The maximum Gasteiger partial charge on any atom is 0.180 e. The van der Waals surface area contributed by atoms with Gasteiger partial charge in [-0.2, -0.15) is 0 Å². The summed E-state index contributed by atoms with van der Waals surface area (Å²) in [5.74, 6) is 0.877. The number of benzene rings is 1. The summed E-state index contributed by atoms with van der Waals surface area (Å²) >= 11 is 1.57. The first-order valence-electron chi connectivity index (χ1n) is 7.25. The van der Waals surface area contributed by atoms with Crippen LogP contribution in [0.25, 0.3) is 0 Å². The Morgan fingerprint density at radius 2 is 1.95 bits per heavy atom. The third kappa shape index (κ3) is 3.12. The highest BCUT2D eigenvalue weighted by molar-refractivity contribution is 7.15. The van der Waals surface area contributed by atoms with E-state index in [4.69, 9.17) is 5.73 Å². The first kappa shape index (κ1) is 13.4. The first-order valence-corrected chi connectivity index (χ1v) is 8.06.